The summed E-state index contributed by atoms with van der Waals surface area (Å²) >= 11 is 0. The number of ether oxygens (including phenoxy) is 1. The number of furan rings is 1. The molecule has 0 fully saturated rings. The standard InChI is InChI=1S/C21H25N3O2/c1-24(2)20(21-10-6-12-25-21)15-22-14-17-7-5-9-19(13-17)26-16-18-8-3-4-11-23-18/h3-13,20,22H,14-16H2,1-2H3. The van der Waals surface area contributed by atoms with Gasteiger partial charge in [0.05, 0.1) is 18.0 Å². The van der Waals surface area contributed by atoms with Gasteiger partial charge in [0, 0.05) is 19.3 Å². The second-order valence-electron chi connectivity index (χ2n) is 6.38. The summed E-state index contributed by atoms with van der Waals surface area (Å²) < 4.78 is 11.4. The van der Waals surface area contributed by atoms with Crippen LogP contribution in [0.4, 0.5) is 0 Å². The van der Waals surface area contributed by atoms with Gasteiger partial charge in [0.1, 0.15) is 18.1 Å². The number of likely N-dealkylation sites (N-methyl/N-ethyl adjacent to an activating group) is 1. The first-order valence-electron chi connectivity index (χ1n) is 8.74. The highest BCUT2D eigenvalue weighted by Gasteiger charge is 2.16. The Bertz CT molecular complexity index is 773. The van der Waals surface area contributed by atoms with Crippen molar-refractivity contribution in [2.24, 2.45) is 0 Å². The Kier molecular flexibility index (Phi) is 6.41. The third kappa shape index (κ3) is 5.18. The van der Waals surface area contributed by atoms with E-state index in [9.17, 15) is 0 Å². The first kappa shape index (κ1) is 18.2. The van der Waals surface area contributed by atoms with Crippen LogP contribution in [0.25, 0.3) is 0 Å². The molecule has 5 nitrogen and oxygen atoms in total. The Hall–Kier alpha value is -2.63. The first-order chi connectivity index (χ1) is 12.7. The number of nitrogens with one attached hydrogen (secondary N) is 1. The molecule has 1 atom stereocenters. The zero-order chi connectivity index (χ0) is 18.2. The maximum Gasteiger partial charge on any atom is 0.130 e. The molecular formula is C21H25N3O2. The summed E-state index contributed by atoms with van der Waals surface area (Å²) in [5, 5.41) is 3.50. The molecule has 136 valence electrons. The van der Waals surface area contributed by atoms with Gasteiger partial charge in [-0.1, -0.05) is 18.2 Å². The van der Waals surface area contributed by atoms with Gasteiger partial charge >= 0.3 is 0 Å². The number of hydrogen-bond donors (Lipinski definition) is 1. The minimum atomic E-state index is 0.202. The van der Waals surface area contributed by atoms with Gasteiger partial charge in [-0.25, -0.2) is 0 Å². The minimum Gasteiger partial charge on any atom is -0.487 e. The van der Waals surface area contributed by atoms with Crippen LogP contribution in [0, 0.1) is 0 Å². The van der Waals surface area contributed by atoms with E-state index in [1.54, 1.807) is 12.5 Å². The van der Waals surface area contributed by atoms with Crippen molar-refractivity contribution in [1.82, 2.24) is 15.2 Å². The van der Waals surface area contributed by atoms with Crippen molar-refractivity contribution in [1.29, 1.82) is 0 Å². The fourth-order valence-electron chi connectivity index (χ4n) is 2.76. The lowest BCUT2D eigenvalue weighted by Crippen LogP contribution is -2.30. The van der Waals surface area contributed by atoms with Gasteiger partial charge in [-0.2, -0.15) is 0 Å². The maximum atomic E-state index is 5.84. The zero-order valence-electron chi connectivity index (χ0n) is 15.3. The first-order valence-corrected chi connectivity index (χ1v) is 8.74. The number of nitrogens with zero attached hydrogens (tertiary/aromatic N) is 2. The number of hydrogen-bond acceptors (Lipinski definition) is 5. The van der Waals surface area contributed by atoms with Gasteiger partial charge in [0.15, 0.2) is 0 Å². The topological polar surface area (TPSA) is 50.5 Å². The highest BCUT2D eigenvalue weighted by Crippen LogP contribution is 2.18. The minimum absolute atomic E-state index is 0.202. The molecule has 0 saturated heterocycles. The molecule has 0 bridgehead atoms. The molecule has 2 heterocycles. The molecule has 1 unspecified atom stereocenters. The van der Waals surface area contributed by atoms with Crippen LogP contribution < -0.4 is 10.1 Å². The monoisotopic (exact) mass is 351 g/mol. The summed E-state index contributed by atoms with van der Waals surface area (Å²) in [5.41, 5.74) is 2.10. The van der Waals surface area contributed by atoms with Crippen LogP contribution in [0.3, 0.4) is 0 Å². The molecule has 0 aliphatic rings. The number of aromatic nitrogens is 1. The molecule has 26 heavy (non-hydrogen) atoms. The second-order valence-corrected chi connectivity index (χ2v) is 6.38. The van der Waals surface area contributed by atoms with Gasteiger partial charge in [-0.3, -0.25) is 9.88 Å². The van der Waals surface area contributed by atoms with Crippen molar-refractivity contribution in [3.05, 3.63) is 84.1 Å². The van der Waals surface area contributed by atoms with E-state index in [0.717, 1.165) is 30.3 Å². The van der Waals surface area contributed by atoms with Crippen molar-refractivity contribution in [2.75, 3.05) is 20.6 Å². The van der Waals surface area contributed by atoms with Crippen LogP contribution in [0.2, 0.25) is 0 Å². The third-order valence-corrected chi connectivity index (χ3v) is 4.17. The van der Waals surface area contributed by atoms with Crippen molar-refractivity contribution in [3.63, 3.8) is 0 Å². The van der Waals surface area contributed by atoms with Crippen LogP contribution in [0.15, 0.2) is 71.5 Å². The Morgan fingerprint density at radius 1 is 1.12 bits per heavy atom. The molecule has 0 amide bonds. The maximum absolute atomic E-state index is 5.84. The highest BCUT2D eigenvalue weighted by atomic mass is 16.5. The molecule has 0 aliphatic carbocycles. The quantitative estimate of drug-likeness (QED) is 0.638. The van der Waals surface area contributed by atoms with Crippen molar-refractivity contribution >= 4 is 0 Å². The van der Waals surface area contributed by atoms with Gasteiger partial charge in [0.2, 0.25) is 0 Å². The molecule has 5 heteroatoms. The van der Waals surface area contributed by atoms with Crippen molar-refractivity contribution in [2.45, 2.75) is 19.2 Å². The summed E-state index contributed by atoms with van der Waals surface area (Å²) in [6.45, 7) is 2.05. The van der Waals surface area contributed by atoms with E-state index in [-0.39, 0.29) is 6.04 Å². The smallest absolute Gasteiger partial charge is 0.130 e. The van der Waals surface area contributed by atoms with Crippen LogP contribution >= 0.6 is 0 Å². The predicted octanol–water partition coefficient (Wildman–Crippen LogP) is 3.65. The number of benzene rings is 1. The van der Waals surface area contributed by atoms with Gasteiger partial charge in [-0.15, -0.1) is 0 Å². The average molecular weight is 351 g/mol. The van der Waals surface area contributed by atoms with E-state index >= 15 is 0 Å². The normalized spacial score (nSPS) is 12.3. The molecule has 1 aromatic carbocycles. The summed E-state index contributed by atoms with van der Waals surface area (Å²) in [6, 6.07) is 18.1. The molecule has 1 N–H and O–H groups in total. The summed E-state index contributed by atoms with van der Waals surface area (Å²) in [7, 11) is 4.11. The van der Waals surface area contributed by atoms with Crippen LogP contribution in [-0.2, 0) is 13.2 Å². The summed E-state index contributed by atoms with van der Waals surface area (Å²) in [6.07, 6.45) is 3.49. The molecule has 0 spiro atoms. The third-order valence-electron chi connectivity index (χ3n) is 4.17. The van der Waals surface area contributed by atoms with Crippen LogP contribution in [-0.4, -0.2) is 30.5 Å². The molecule has 0 saturated carbocycles. The van der Waals surface area contributed by atoms with Crippen LogP contribution in [0.1, 0.15) is 23.1 Å². The second kappa shape index (κ2) is 9.17. The van der Waals surface area contributed by atoms with E-state index < -0.39 is 0 Å². The lowest BCUT2D eigenvalue weighted by Gasteiger charge is -2.22. The molecular weight excluding hydrogens is 326 g/mol. The summed E-state index contributed by atoms with van der Waals surface area (Å²) in [5.74, 6) is 1.82. The molecule has 0 radical (unpaired) electrons. The Morgan fingerprint density at radius 3 is 2.77 bits per heavy atom. The highest BCUT2D eigenvalue weighted by molar-refractivity contribution is 5.28. The fourth-order valence-corrected chi connectivity index (χ4v) is 2.76. The lowest BCUT2D eigenvalue weighted by molar-refractivity contribution is 0.250. The van der Waals surface area contributed by atoms with E-state index in [2.05, 4.69) is 41.4 Å². The van der Waals surface area contributed by atoms with E-state index in [1.807, 2.05) is 42.5 Å². The molecule has 3 aromatic rings. The van der Waals surface area contributed by atoms with E-state index in [1.165, 1.54) is 5.56 Å². The largest absolute Gasteiger partial charge is 0.487 e. The SMILES string of the molecule is CN(C)C(CNCc1cccc(OCc2ccccn2)c1)c1ccco1. The Labute approximate surface area is 154 Å². The summed E-state index contributed by atoms with van der Waals surface area (Å²) in [4.78, 5) is 6.43. The van der Waals surface area contributed by atoms with Gasteiger partial charge in [0.25, 0.3) is 0 Å². The fraction of sp³-hybridized carbons (Fsp3) is 0.286. The van der Waals surface area contributed by atoms with Gasteiger partial charge in [-0.05, 0) is 56.1 Å². The van der Waals surface area contributed by atoms with E-state index in [4.69, 9.17) is 9.15 Å². The Balaban J connectivity index is 1.52. The Morgan fingerprint density at radius 2 is 2.04 bits per heavy atom. The molecule has 0 aliphatic heterocycles. The average Bonchev–Trinajstić information content (AvgIpc) is 3.19. The number of pyridine rings is 1. The zero-order valence-corrected chi connectivity index (χ0v) is 15.3. The lowest BCUT2D eigenvalue weighted by atomic mass is 10.2. The van der Waals surface area contributed by atoms with Crippen molar-refractivity contribution < 1.29 is 9.15 Å². The number of rotatable bonds is 9. The van der Waals surface area contributed by atoms with Gasteiger partial charge < -0.3 is 14.5 Å². The molecule has 3 rings (SSSR count). The predicted molar refractivity (Wildman–Crippen MR) is 102 cm³/mol. The van der Waals surface area contributed by atoms with Crippen molar-refractivity contribution in [3.8, 4) is 5.75 Å². The van der Waals surface area contributed by atoms with Crippen LogP contribution in [0.5, 0.6) is 5.75 Å². The molecule has 2 aromatic heterocycles. The van der Waals surface area contributed by atoms with E-state index in [0.29, 0.717) is 6.61 Å².